The molecule has 0 aliphatic heterocycles. The van der Waals surface area contributed by atoms with Crippen LogP contribution in [0.2, 0.25) is 0 Å². The molecule has 0 bridgehead atoms. The summed E-state index contributed by atoms with van der Waals surface area (Å²) in [5, 5.41) is 0. The molecule has 0 saturated carbocycles. The molecule has 0 amide bonds. The maximum Gasteiger partial charge on any atom is 0.103 e. The fourth-order valence-electron chi connectivity index (χ4n) is 1.05. The van der Waals surface area contributed by atoms with Gasteiger partial charge >= 0.3 is 0 Å². The van der Waals surface area contributed by atoms with Gasteiger partial charge in [0.2, 0.25) is 0 Å². The number of nitrogens with one attached hydrogen (secondary N) is 1. The topological polar surface area (TPSA) is 28.7 Å². The molecule has 1 heterocycles. The van der Waals surface area contributed by atoms with Gasteiger partial charge in [0.1, 0.15) is 5.82 Å². The van der Waals surface area contributed by atoms with Gasteiger partial charge < -0.3 is 4.98 Å². The van der Waals surface area contributed by atoms with Gasteiger partial charge in [-0.15, -0.1) is 0 Å². The Morgan fingerprint density at radius 3 is 2.58 bits per heavy atom. The number of imidazole rings is 1. The quantitative estimate of drug-likeness (QED) is 0.665. The Morgan fingerprint density at radius 1 is 1.50 bits per heavy atom. The zero-order chi connectivity index (χ0) is 9.14. The van der Waals surface area contributed by atoms with Crippen LogP contribution < -0.4 is 0 Å². The summed E-state index contributed by atoms with van der Waals surface area (Å²) in [7, 11) is 0. The largest absolute Gasteiger partial charge is 0.343 e. The average molecular weight is 162 g/mol. The van der Waals surface area contributed by atoms with E-state index in [-0.39, 0.29) is 0 Å². The molecule has 12 heavy (non-hydrogen) atoms. The van der Waals surface area contributed by atoms with Crippen molar-refractivity contribution >= 4 is 6.08 Å². The zero-order valence-corrected chi connectivity index (χ0v) is 7.81. The van der Waals surface area contributed by atoms with E-state index in [2.05, 4.69) is 16.5 Å². The van der Waals surface area contributed by atoms with Gasteiger partial charge in [-0.05, 0) is 32.4 Å². The lowest BCUT2D eigenvalue weighted by molar-refractivity contribution is 1.13. The van der Waals surface area contributed by atoms with E-state index in [1.807, 2.05) is 32.9 Å². The van der Waals surface area contributed by atoms with Crippen molar-refractivity contribution in [1.29, 1.82) is 0 Å². The van der Waals surface area contributed by atoms with Gasteiger partial charge in [-0.2, -0.15) is 0 Å². The highest BCUT2D eigenvalue weighted by Gasteiger charge is 1.99. The summed E-state index contributed by atoms with van der Waals surface area (Å²) in [5.41, 5.74) is 3.25. The zero-order valence-electron chi connectivity index (χ0n) is 7.81. The second kappa shape index (κ2) is 3.39. The Balaban J connectivity index is 3.03. The molecular weight excluding hydrogens is 148 g/mol. The lowest BCUT2D eigenvalue weighted by Gasteiger charge is -1.91. The second-order valence-corrected chi connectivity index (χ2v) is 2.91. The monoisotopic (exact) mass is 162 g/mol. The summed E-state index contributed by atoms with van der Waals surface area (Å²) in [6.07, 6.45) is 3.87. The summed E-state index contributed by atoms with van der Waals surface area (Å²) in [5.74, 6) is 0.954. The van der Waals surface area contributed by atoms with Crippen LogP contribution in [0.5, 0.6) is 0 Å². The predicted octanol–water partition coefficient (Wildman–Crippen LogP) is 2.62. The van der Waals surface area contributed by atoms with Crippen molar-refractivity contribution in [3.63, 3.8) is 0 Å². The Morgan fingerprint density at radius 2 is 2.17 bits per heavy atom. The molecule has 0 saturated heterocycles. The van der Waals surface area contributed by atoms with Crippen molar-refractivity contribution in [3.05, 3.63) is 35.4 Å². The summed E-state index contributed by atoms with van der Waals surface area (Å²) in [4.78, 5) is 7.44. The minimum Gasteiger partial charge on any atom is -0.343 e. The first-order valence-electron chi connectivity index (χ1n) is 3.97. The van der Waals surface area contributed by atoms with Crippen molar-refractivity contribution in [1.82, 2.24) is 9.97 Å². The number of allylic oxidation sites excluding steroid dienone is 2. The van der Waals surface area contributed by atoms with E-state index in [4.69, 9.17) is 0 Å². The van der Waals surface area contributed by atoms with Gasteiger partial charge in [0.15, 0.2) is 0 Å². The van der Waals surface area contributed by atoms with Crippen molar-refractivity contribution in [3.8, 4) is 0 Å². The molecule has 0 atom stereocenters. The first-order valence-corrected chi connectivity index (χ1v) is 3.97. The summed E-state index contributed by atoms with van der Waals surface area (Å²) < 4.78 is 0. The molecule has 0 spiro atoms. The van der Waals surface area contributed by atoms with E-state index in [1.165, 1.54) is 0 Å². The van der Waals surface area contributed by atoms with E-state index in [9.17, 15) is 0 Å². The molecule has 0 fully saturated rings. The Bertz CT molecular complexity index is 319. The molecule has 0 unspecified atom stereocenters. The van der Waals surface area contributed by atoms with E-state index < -0.39 is 0 Å². The Labute approximate surface area is 73.0 Å². The van der Waals surface area contributed by atoms with Crippen molar-refractivity contribution < 1.29 is 0 Å². The highest BCUT2D eigenvalue weighted by molar-refractivity contribution is 5.53. The third-order valence-corrected chi connectivity index (χ3v) is 1.73. The SMILES string of the molecule is C=C/C(C)=C\c1[nH]c(C)nc1C. The molecule has 1 N–H and O–H groups in total. The summed E-state index contributed by atoms with van der Waals surface area (Å²) in [6.45, 7) is 9.65. The van der Waals surface area contributed by atoms with Crippen LogP contribution in [-0.2, 0) is 0 Å². The van der Waals surface area contributed by atoms with Crippen LogP contribution in [0.25, 0.3) is 6.08 Å². The van der Waals surface area contributed by atoms with E-state index in [0.717, 1.165) is 22.8 Å². The molecule has 0 aliphatic rings. The second-order valence-electron chi connectivity index (χ2n) is 2.91. The highest BCUT2D eigenvalue weighted by atomic mass is 14.9. The maximum absolute atomic E-state index is 4.26. The molecule has 1 aromatic heterocycles. The smallest absolute Gasteiger partial charge is 0.103 e. The van der Waals surface area contributed by atoms with Gasteiger partial charge in [0.05, 0.1) is 11.4 Å². The number of aryl methyl sites for hydroxylation is 2. The van der Waals surface area contributed by atoms with Crippen LogP contribution in [-0.4, -0.2) is 9.97 Å². The highest BCUT2D eigenvalue weighted by Crippen LogP contribution is 2.09. The molecule has 2 nitrogen and oxygen atoms in total. The van der Waals surface area contributed by atoms with Crippen molar-refractivity contribution in [2.75, 3.05) is 0 Å². The lowest BCUT2D eigenvalue weighted by Crippen LogP contribution is -1.77. The van der Waals surface area contributed by atoms with E-state index >= 15 is 0 Å². The molecule has 0 aliphatic carbocycles. The maximum atomic E-state index is 4.26. The third-order valence-electron chi connectivity index (χ3n) is 1.73. The average Bonchev–Trinajstić information content (AvgIpc) is 2.30. The molecular formula is C10H14N2. The van der Waals surface area contributed by atoms with E-state index in [1.54, 1.807) is 0 Å². The molecule has 0 radical (unpaired) electrons. The van der Waals surface area contributed by atoms with Crippen molar-refractivity contribution in [2.45, 2.75) is 20.8 Å². The summed E-state index contributed by atoms with van der Waals surface area (Å²) >= 11 is 0. The standard InChI is InChI=1S/C10H14N2/c1-5-7(2)6-10-8(3)11-9(4)12-10/h5-6H,1H2,2-4H3,(H,11,12)/b7-6-. The van der Waals surface area contributed by atoms with E-state index in [0.29, 0.717) is 0 Å². The van der Waals surface area contributed by atoms with Crippen LogP contribution in [0, 0.1) is 13.8 Å². The lowest BCUT2D eigenvalue weighted by atomic mass is 10.2. The van der Waals surface area contributed by atoms with Crippen LogP contribution in [0.15, 0.2) is 18.2 Å². The Hall–Kier alpha value is -1.31. The number of aromatic amines is 1. The number of aromatic nitrogens is 2. The van der Waals surface area contributed by atoms with Crippen molar-refractivity contribution in [2.24, 2.45) is 0 Å². The number of nitrogens with zero attached hydrogens (tertiary/aromatic N) is 1. The normalized spacial score (nSPS) is 11.8. The first-order chi connectivity index (χ1) is 5.63. The number of hydrogen-bond donors (Lipinski definition) is 1. The van der Waals surface area contributed by atoms with Crippen LogP contribution in [0.3, 0.4) is 0 Å². The number of rotatable bonds is 2. The third kappa shape index (κ3) is 1.84. The minimum atomic E-state index is 0.954. The fraction of sp³-hybridized carbons (Fsp3) is 0.300. The van der Waals surface area contributed by atoms with Gasteiger partial charge in [0.25, 0.3) is 0 Å². The van der Waals surface area contributed by atoms with Gasteiger partial charge in [-0.25, -0.2) is 4.98 Å². The summed E-state index contributed by atoms with van der Waals surface area (Å²) in [6, 6.07) is 0. The predicted molar refractivity (Wildman–Crippen MR) is 51.9 cm³/mol. The Kier molecular flexibility index (Phi) is 2.48. The molecule has 2 heteroatoms. The minimum absolute atomic E-state index is 0.954. The van der Waals surface area contributed by atoms with Gasteiger partial charge in [0, 0.05) is 0 Å². The molecule has 1 aromatic rings. The van der Waals surface area contributed by atoms with Gasteiger partial charge in [-0.3, -0.25) is 0 Å². The molecule has 64 valence electrons. The first kappa shape index (κ1) is 8.78. The fourth-order valence-corrected chi connectivity index (χ4v) is 1.05. The van der Waals surface area contributed by atoms with Crippen LogP contribution >= 0.6 is 0 Å². The van der Waals surface area contributed by atoms with Gasteiger partial charge in [-0.1, -0.05) is 12.7 Å². The molecule has 0 aromatic carbocycles. The number of H-pyrrole nitrogens is 1. The van der Waals surface area contributed by atoms with Crippen LogP contribution in [0.4, 0.5) is 0 Å². The number of hydrogen-bond acceptors (Lipinski definition) is 1. The van der Waals surface area contributed by atoms with Crippen LogP contribution in [0.1, 0.15) is 24.1 Å². The molecule has 1 rings (SSSR count).